The van der Waals surface area contributed by atoms with E-state index in [1.807, 2.05) is 6.07 Å². The standard InChI is InChI=1S/C18H24N4O4S/c1-21-8-10-22(11-9-21)14-4-7-18(19-13-14)20-27(23,24)17-12-15(25-2)5-6-16(17)26-3/h4-7,12-13H,8-11H2,1-3H3,(H,19,20). The zero-order chi connectivity index (χ0) is 19.4. The second-order valence-corrected chi connectivity index (χ2v) is 7.97. The van der Waals surface area contributed by atoms with Gasteiger partial charge < -0.3 is 19.3 Å². The molecule has 1 fully saturated rings. The second-order valence-electron chi connectivity index (χ2n) is 6.31. The molecule has 8 nitrogen and oxygen atoms in total. The highest BCUT2D eigenvalue weighted by Gasteiger charge is 2.21. The fourth-order valence-electron chi connectivity index (χ4n) is 2.88. The average molecular weight is 392 g/mol. The van der Waals surface area contributed by atoms with Crippen LogP contribution in [-0.4, -0.2) is 65.7 Å². The van der Waals surface area contributed by atoms with E-state index in [1.54, 1.807) is 24.4 Å². The maximum absolute atomic E-state index is 12.8. The lowest BCUT2D eigenvalue weighted by atomic mass is 10.3. The van der Waals surface area contributed by atoms with Gasteiger partial charge in [0.15, 0.2) is 0 Å². The number of sulfonamides is 1. The van der Waals surface area contributed by atoms with Crippen LogP contribution in [0.2, 0.25) is 0 Å². The van der Waals surface area contributed by atoms with Crippen molar-refractivity contribution in [1.29, 1.82) is 0 Å². The summed E-state index contributed by atoms with van der Waals surface area (Å²) in [5.41, 5.74) is 0.977. The van der Waals surface area contributed by atoms with E-state index < -0.39 is 10.0 Å². The van der Waals surface area contributed by atoms with Crippen LogP contribution in [0, 0.1) is 0 Å². The molecule has 1 aromatic heterocycles. The van der Waals surface area contributed by atoms with Gasteiger partial charge in [0.05, 0.1) is 26.1 Å². The number of benzene rings is 1. The highest BCUT2D eigenvalue weighted by atomic mass is 32.2. The van der Waals surface area contributed by atoms with E-state index in [0.29, 0.717) is 5.75 Å². The lowest BCUT2D eigenvalue weighted by Gasteiger charge is -2.33. The third kappa shape index (κ3) is 4.42. The number of hydrogen-bond acceptors (Lipinski definition) is 7. The van der Waals surface area contributed by atoms with Crippen LogP contribution in [0.1, 0.15) is 0 Å². The van der Waals surface area contributed by atoms with Gasteiger partial charge >= 0.3 is 0 Å². The van der Waals surface area contributed by atoms with Crippen molar-refractivity contribution >= 4 is 21.5 Å². The zero-order valence-electron chi connectivity index (χ0n) is 15.7. The normalized spacial score (nSPS) is 15.4. The minimum atomic E-state index is -3.87. The number of likely N-dealkylation sites (N-methyl/N-ethyl adjacent to an activating group) is 1. The number of nitrogens with one attached hydrogen (secondary N) is 1. The average Bonchev–Trinajstić information content (AvgIpc) is 2.68. The molecule has 146 valence electrons. The van der Waals surface area contributed by atoms with Crippen molar-refractivity contribution in [2.45, 2.75) is 4.90 Å². The molecule has 1 aliphatic rings. The lowest BCUT2D eigenvalue weighted by molar-refractivity contribution is 0.313. The van der Waals surface area contributed by atoms with Crippen LogP contribution in [0.25, 0.3) is 0 Å². The van der Waals surface area contributed by atoms with Crippen LogP contribution in [0.4, 0.5) is 11.5 Å². The molecule has 2 heterocycles. The van der Waals surface area contributed by atoms with E-state index in [2.05, 4.69) is 26.6 Å². The fraction of sp³-hybridized carbons (Fsp3) is 0.389. The molecule has 0 saturated carbocycles. The number of aromatic nitrogens is 1. The first-order chi connectivity index (χ1) is 12.9. The largest absolute Gasteiger partial charge is 0.497 e. The van der Waals surface area contributed by atoms with Gasteiger partial charge in [-0.15, -0.1) is 0 Å². The van der Waals surface area contributed by atoms with Crippen LogP contribution in [-0.2, 0) is 10.0 Å². The number of pyridine rings is 1. The van der Waals surface area contributed by atoms with E-state index in [-0.39, 0.29) is 16.5 Å². The summed E-state index contributed by atoms with van der Waals surface area (Å²) in [5.74, 6) is 0.907. The van der Waals surface area contributed by atoms with E-state index in [0.717, 1.165) is 31.9 Å². The summed E-state index contributed by atoms with van der Waals surface area (Å²) in [6.45, 7) is 3.82. The van der Waals surface area contributed by atoms with Crippen molar-refractivity contribution < 1.29 is 17.9 Å². The Bertz CT molecular complexity index is 879. The summed E-state index contributed by atoms with van der Waals surface area (Å²) in [5, 5.41) is 0. The quantitative estimate of drug-likeness (QED) is 0.800. The van der Waals surface area contributed by atoms with E-state index in [9.17, 15) is 8.42 Å². The first-order valence-corrected chi connectivity index (χ1v) is 10.1. The summed E-state index contributed by atoms with van der Waals surface area (Å²) in [6.07, 6.45) is 1.69. The van der Waals surface area contributed by atoms with Crippen LogP contribution in [0.15, 0.2) is 41.4 Å². The molecule has 1 N–H and O–H groups in total. The van der Waals surface area contributed by atoms with Crippen LogP contribution in [0.3, 0.4) is 0 Å². The van der Waals surface area contributed by atoms with Crippen molar-refractivity contribution in [2.75, 3.05) is 57.1 Å². The van der Waals surface area contributed by atoms with Crippen molar-refractivity contribution in [1.82, 2.24) is 9.88 Å². The van der Waals surface area contributed by atoms with E-state index >= 15 is 0 Å². The van der Waals surface area contributed by atoms with Gasteiger partial charge in [-0.25, -0.2) is 13.4 Å². The Balaban J connectivity index is 1.78. The monoisotopic (exact) mass is 392 g/mol. The summed E-state index contributed by atoms with van der Waals surface area (Å²) in [4.78, 5) is 8.76. The third-order valence-corrected chi connectivity index (χ3v) is 5.89. The van der Waals surface area contributed by atoms with Crippen LogP contribution >= 0.6 is 0 Å². The molecule has 0 unspecified atom stereocenters. The predicted molar refractivity (Wildman–Crippen MR) is 104 cm³/mol. The molecule has 0 amide bonds. The Labute approximate surface area is 159 Å². The number of rotatable bonds is 6. The zero-order valence-corrected chi connectivity index (χ0v) is 16.5. The highest BCUT2D eigenvalue weighted by Crippen LogP contribution is 2.29. The van der Waals surface area contributed by atoms with Gasteiger partial charge in [-0.1, -0.05) is 0 Å². The first-order valence-electron chi connectivity index (χ1n) is 8.57. The van der Waals surface area contributed by atoms with Crippen molar-refractivity contribution in [3.63, 3.8) is 0 Å². The van der Waals surface area contributed by atoms with Gasteiger partial charge in [-0.2, -0.15) is 0 Å². The smallest absolute Gasteiger partial charge is 0.266 e. The second kappa shape index (κ2) is 8.01. The molecule has 0 aliphatic carbocycles. The molecule has 1 aliphatic heterocycles. The number of nitrogens with zero attached hydrogens (tertiary/aromatic N) is 3. The SMILES string of the molecule is COc1ccc(OC)c(S(=O)(=O)Nc2ccc(N3CCN(C)CC3)cn2)c1. The van der Waals surface area contributed by atoms with Crippen LogP contribution < -0.4 is 19.1 Å². The Morgan fingerprint density at radius 3 is 2.37 bits per heavy atom. The fourth-order valence-corrected chi connectivity index (χ4v) is 4.08. The van der Waals surface area contributed by atoms with Gasteiger partial charge in [0, 0.05) is 32.2 Å². The van der Waals surface area contributed by atoms with Crippen molar-refractivity contribution in [3.05, 3.63) is 36.5 Å². The molecule has 0 spiro atoms. The molecular weight excluding hydrogens is 368 g/mol. The summed E-state index contributed by atoms with van der Waals surface area (Å²) < 4.78 is 38.3. The van der Waals surface area contributed by atoms with Crippen molar-refractivity contribution in [3.8, 4) is 11.5 Å². The number of hydrogen-bond donors (Lipinski definition) is 1. The molecule has 9 heteroatoms. The number of anilines is 2. The Hall–Kier alpha value is -2.52. The number of ether oxygens (including phenoxy) is 2. The minimum Gasteiger partial charge on any atom is -0.497 e. The Kier molecular flexibility index (Phi) is 5.71. The van der Waals surface area contributed by atoms with Gasteiger partial charge in [0.2, 0.25) is 0 Å². The molecule has 1 aromatic carbocycles. The Morgan fingerprint density at radius 2 is 1.78 bits per heavy atom. The molecule has 27 heavy (non-hydrogen) atoms. The number of methoxy groups -OCH3 is 2. The van der Waals surface area contributed by atoms with Gasteiger partial charge in [0.1, 0.15) is 22.2 Å². The van der Waals surface area contributed by atoms with Gasteiger partial charge in [0.25, 0.3) is 10.0 Å². The van der Waals surface area contributed by atoms with E-state index in [1.165, 1.54) is 20.3 Å². The van der Waals surface area contributed by atoms with Gasteiger partial charge in [-0.05, 0) is 31.3 Å². The molecule has 0 atom stereocenters. The molecule has 2 aromatic rings. The van der Waals surface area contributed by atoms with Crippen molar-refractivity contribution in [2.24, 2.45) is 0 Å². The number of piperazine rings is 1. The first kappa shape index (κ1) is 19.2. The summed E-state index contributed by atoms with van der Waals surface area (Å²) in [7, 11) is 1.12. The predicted octanol–water partition coefficient (Wildman–Crippen LogP) is 1.65. The van der Waals surface area contributed by atoms with Gasteiger partial charge in [-0.3, -0.25) is 4.72 Å². The third-order valence-electron chi connectivity index (χ3n) is 4.52. The molecular formula is C18H24N4O4S. The molecule has 3 rings (SSSR count). The molecule has 0 radical (unpaired) electrons. The maximum Gasteiger partial charge on any atom is 0.266 e. The topological polar surface area (TPSA) is 84.0 Å². The minimum absolute atomic E-state index is 0.00528. The van der Waals surface area contributed by atoms with E-state index in [4.69, 9.17) is 9.47 Å². The maximum atomic E-state index is 12.8. The lowest BCUT2D eigenvalue weighted by Crippen LogP contribution is -2.44. The van der Waals surface area contributed by atoms with Crippen LogP contribution in [0.5, 0.6) is 11.5 Å². The highest BCUT2D eigenvalue weighted by molar-refractivity contribution is 7.92. The molecule has 0 bridgehead atoms. The summed E-state index contributed by atoms with van der Waals surface area (Å²) in [6, 6.07) is 8.15. The molecule has 1 saturated heterocycles. The summed E-state index contributed by atoms with van der Waals surface area (Å²) >= 11 is 0. The Morgan fingerprint density at radius 1 is 1.04 bits per heavy atom.